The Labute approximate surface area is 132 Å². The van der Waals surface area contributed by atoms with Gasteiger partial charge >= 0.3 is 11.9 Å². The number of rotatable bonds is 10. The van der Waals surface area contributed by atoms with Gasteiger partial charge in [0.15, 0.2) is 0 Å². The molecule has 1 aromatic rings. The molecule has 1 rings (SSSR count). The van der Waals surface area contributed by atoms with Crippen LogP contribution in [0.25, 0.3) is 0 Å². The molecule has 0 heterocycles. The Bertz CT molecular complexity index is 508. The molecule has 0 aromatic heterocycles. The van der Waals surface area contributed by atoms with Crippen molar-refractivity contribution >= 4 is 11.9 Å². The second kappa shape index (κ2) is 9.23. The fourth-order valence-corrected chi connectivity index (χ4v) is 2.95. The quantitative estimate of drug-likeness (QED) is 0.618. The van der Waals surface area contributed by atoms with Crippen molar-refractivity contribution in [3.63, 3.8) is 0 Å². The van der Waals surface area contributed by atoms with E-state index in [1.54, 1.807) is 12.1 Å². The Morgan fingerprint density at radius 3 is 2.27 bits per heavy atom. The van der Waals surface area contributed by atoms with Crippen LogP contribution >= 0.6 is 0 Å². The molecule has 22 heavy (non-hydrogen) atoms. The molecule has 1 aromatic carbocycles. The van der Waals surface area contributed by atoms with E-state index in [4.69, 9.17) is 0 Å². The zero-order valence-corrected chi connectivity index (χ0v) is 13.5. The standard InChI is InChI=1S/C18H26O4/c1-3-5-6-9-13(8-4-2)12-14-10-7-11-15(17(19)20)16(14)18(21)22/h7,10-11,13H,3-6,8-9,12H2,1-2H3,(H,19,20)(H,21,22). The lowest BCUT2D eigenvalue weighted by atomic mass is 9.87. The summed E-state index contributed by atoms with van der Waals surface area (Å²) < 4.78 is 0. The number of hydrogen-bond acceptors (Lipinski definition) is 2. The number of unbranched alkanes of at least 4 members (excludes halogenated alkanes) is 2. The number of carboxylic acid groups (broad SMARTS) is 2. The first-order valence-electron chi connectivity index (χ1n) is 8.09. The molecule has 122 valence electrons. The van der Waals surface area contributed by atoms with Gasteiger partial charge in [0.25, 0.3) is 0 Å². The van der Waals surface area contributed by atoms with E-state index in [0.29, 0.717) is 17.9 Å². The summed E-state index contributed by atoms with van der Waals surface area (Å²) in [6.45, 7) is 4.28. The topological polar surface area (TPSA) is 74.6 Å². The lowest BCUT2D eigenvalue weighted by Crippen LogP contribution is -2.14. The van der Waals surface area contributed by atoms with Gasteiger partial charge in [-0.05, 0) is 24.0 Å². The molecule has 1 unspecified atom stereocenters. The summed E-state index contributed by atoms with van der Waals surface area (Å²) in [5.41, 5.74) is 0.475. The van der Waals surface area contributed by atoms with E-state index >= 15 is 0 Å². The van der Waals surface area contributed by atoms with Crippen LogP contribution in [-0.2, 0) is 6.42 Å². The van der Waals surface area contributed by atoms with Crippen LogP contribution in [-0.4, -0.2) is 22.2 Å². The number of benzene rings is 1. The first kappa shape index (κ1) is 18.2. The molecule has 0 amide bonds. The van der Waals surface area contributed by atoms with E-state index in [1.165, 1.54) is 12.5 Å². The van der Waals surface area contributed by atoms with Gasteiger partial charge in [-0.1, -0.05) is 64.5 Å². The third-order valence-corrected chi connectivity index (χ3v) is 4.02. The highest BCUT2D eigenvalue weighted by Gasteiger charge is 2.21. The van der Waals surface area contributed by atoms with Crippen molar-refractivity contribution in [2.45, 2.75) is 58.8 Å². The maximum Gasteiger partial charge on any atom is 0.336 e. The van der Waals surface area contributed by atoms with Gasteiger partial charge in [-0.25, -0.2) is 9.59 Å². The fourth-order valence-electron chi connectivity index (χ4n) is 2.95. The molecular formula is C18H26O4. The van der Waals surface area contributed by atoms with Crippen molar-refractivity contribution < 1.29 is 19.8 Å². The highest BCUT2D eigenvalue weighted by atomic mass is 16.4. The average molecular weight is 306 g/mol. The lowest BCUT2D eigenvalue weighted by Gasteiger charge is -2.18. The van der Waals surface area contributed by atoms with Gasteiger partial charge in [0.1, 0.15) is 0 Å². The summed E-state index contributed by atoms with van der Waals surface area (Å²) in [7, 11) is 0. The van der Waals surface area contributed by atoms with Gasteiger partial charge in [-0.2, -0.15) is 0 Å². The molecule has 2 N–H and O–H groups in total. The molecule has 1 atom stereocenters. The smallest absolute Gasteiger partial charge is 0.336 e. The molecule has 0 fully saturated rings. The SMILES string of the molecule is CCCCCC(CCC)Cc1cccc(C(=O)O)c1C(=O)O. The third kappa shape index (κ3) is 5.17. The predicted octanol–water partition coefficient (Wildman–Crippen LogP) is 4.62. The Kier molecular flexibility index (Phi) is 7.64. The third-order valence-electron chi connectivity index (χ3n) is 4.02. The minimum Gasteiger partial charge on any atom is -0.478 e. The van der Waals surface area contributed by atoms with Crippen molar-refractivity contribution in [3.8, 4) is 0 Å². The maximum atomic E-state index is 11.5. The van der Waals surface area contributed by atoms with Crippen LogP contribution in [0.5, 0.6) is 0 Å². The molecule has 0 saturated carbocycles. The summed E-state index contributed by atoms with van der Waals surface area (Å²) in [6.07, 6.45) is 7.29. The first-order valence-corrected chi connectivity index (χ1v) is 8.09. The van der Waals surface area contributed by atoms with Crippen molar-refractivity contribution in [3.05, 3.63) is 34.9 Å². The summed E-state index contributed by atoms with van der Waals surface area (Å²) in [4.78, 5) is 22.7. The Morgan fingerprint density at radius 1 is 1.00 bits per heavy atom. The van der Waals surface area contributed by atoms with Gasteiger partial charge in [0, 0.05) is 0 Å². The van der Waals surface area contributed by atoms with Gasteiger partial charge in [-0.15, -0.1) is 0 Å². The summed E-state index contributed by atoms with van der Waals surface area (Å²) >= 11 is 0. The highest BCUT2D eigenvalue weighted by molar-refractivity contribution is 6.02. The van der Waals surface area contributed by atoms with Gasteiger partial charge in [-0.3, -0.25) is 0 Å². The minimum atomic E-state index is -1.18. The average Bonchev–Trinajstić information content (AvgIpc) is 2.47. The highest BCUT2D eigenvalue weighted by Crippen LogP contribution is 2.24. The van der Waals surface area contributed by atoms with Crippen LogP contribution in [0.2, 0.25) is 0 Å². The monoisotopic (exact) mass is 306 g/mol. The van der Waals surface area contributed by atoms with Gasteiger partial charge in [0.2, 0.25) is 0 Å². The Hall–Kier alpha value is -1.84. The normalized spacial score (nSPS) is 12.1. The van der Waals surface area contributed by atoms with Crippen LogP contribution in [0.4, 0.5) is 0 Å². The van der Waals surface area contributed by atoms with E-state index in [1.807, 2.05) is 0 Å². The number of hydrogen-bond donors (Lipinski definition) is 2. The zero-order chi connectivity index (χ0) is 16.5. The predicted molar refractivity (Wildman–Crippen MR) is 86.6 cm³/mol. The molecule has 0 aliphatic heterocycles. The van der Waals surface area contributed by atoms with Crippen molar-refractivity contribution in [2.75, 3.05) is 0 Å². The van der Waals surface area contributed by atoms with Crippen molar-refractivity contribution in [2.24, 2.45) is 5.92 Å². The van der Waals surface area contributed by atoms with Crippen LogP contribution in [0.15, 0.2) is 18.2 Å². The fraction of sp³-hybridized carbons (Fsp3) is 0.556. The molecule has 0 radical (unpaired) electrons. The van der Waals surface area contributed by atoms with E-state index in [2.05, 4.69) is 13.8 Å². The Morgan fingerprint density at radius 2 is 1.73 bits per heavy atom. The van der Waals surface area contributed by atoms with E-state index in [9.17, 15) is 19.8 Å². The van der Waals surface area contributed by atoms with Gasteiger partial charge < -0.3 is 10.2 Å². The minimum absolute atomic E-state index is 0.0494. The van der Waals surface area contributed by atoms with Gasteiger partial charge in [0.05, 0.1) is 11.1 Å². The number of aromatic carboxylic acids is 2. The second-order valence-corrected chi connectivity index (χ2v) is 5.80. The van der Waals surface area contributed by atoms with E-state index in [0.717, 1.165) is 32.1 Å². The molecule has 4 nitrogen and oxygen atoms in total. The largest absolute Gasteiger partial charge is 0.478 e. The molecule has 0 saturated heterocycles. The summed E-state index contributed by atoms with van der Waals surface area (Å²) in [5, 5.41) is 18.6. The molecule has 0 spiro atoms. The first-order chi connectivity index (χ1) is 10.5. The molecule has 4 heteroatoms. The molecule has 0 aliphatic rings. The van der Waals surface area contributed by atoms with E-state index in [-0.39, 0.29) is 11.1 Å². The summed E-state index contributed by atoms with van der Waals surface area (Å²) in [5.74, 6) is -1.92. The van der Waals surface area contributed by atoms with Crippen LogP contribution in [0, 0.1) is 5.92 Å². The summed E-state index contributed by atoms with van der Waals surface area (Å²) in [6, 6.07) is 4.75. The van der Waals surface area contributed by atoms with Crippen LogP contribution < -0.4 is 0 Å². The molecular weight excluding hydrogens is 280 g/mol. The van der Waals surface area contributed by atoms with E-state index < -0.39 is 11.9 Å². The lowest BCUT2D eigenvalue weighted by molar-refractivity contribution is 0.0650. The Balaban J connectivity index is 3.00. The van der Waals surface area contributed by atoms with Crippen LogP contribution in [0.3, 0.4) is 0 Å². The van der Waals surface area contributed by atoms with Crippen LogP contribution in [0.1, 0.15) is 78.7 Å². The van der Waals surface area contributed by atoms with Crippen molar-refractivity contribution in [1.82, 2.24) is 0 Å². The number of carbonyl (C=O) groups is 2. The maximum absolute atomic E-state index is 11.5. The molecule has 0 aliphatic carbocycles. The zero-order valence-electron chi connectivity index (χ0n) is 13.5. The second-order valence-electron chi connectivity index (χ2n) is 5.80. The number of carboxylic acids is 2. The molecule has 0 bridgehead atoms. The van der Waals surface area contributed by atoms with Crippen molar-refractivity contribution in [1.29, 1.82) is 0 Å².